The Morgan fingerprint density at radius 1 is 1.50 bits per heavy atom. The Labute approximate surface area is 59.0 Å². The van der Waals surface area contributed by atoms with Crippen LogP contribution in [0.1, 0.15) is 17.5 Å². The van der Waals surface area contributed by atoms with Gasteiger partial charge in [-0.15, -0.1) is 0 Å². The van der Waals surface area contributed by atoms with Crippen molar-refractivity contribution in [1.29, 1.82) is 0 Å². The van der Waals surface area contributed by atoms with Crippen LogP contribution in [0.4, 0.5) is 0 Å². The first-order valence-corrected chi connectivity index (χ1v) is 2.99. The Kier molecular flexibility index (Phi) is 1.99. The van der Waals surface area contributed by atoms with Gasteiger partial charge in [0.05, 0.1) is 0 Å². The van der Waals surface area contributed by atoms with E-state index in [0.717, 1.165) is 5.69 Å². The van der Waals surface area contributed by atoms with E-state index in [0.29, 0.717) is 5.56 Å². The third-order valence-electron chi connectivity index (χ3n) is 1.22. The molecule has 54 valence electrons. The van der Waals surface area contributed by atoms with Gasteiger partial charge in [-0.25, -0.2) is 0 Å². The van der Waals surface area contributed by atoms with Crippen molar-refractivity contribution in [3.05, 3.63) is 29.6 Å². The molecular formula is C7H9NO2. The molecule has 2 N–H and O–H groups in total. The molecule has 0 aromatic carbocycles. The molecule has 3 heteroatoms. The molecule has 0 atom stereocenters. The normalized spacial score (nSPS) is 10.4. The Hall–Kier alpha value is -0.930. The predicted molar refractivity (Wildman–Crippen MR) is 36.2 cm³/mol. The third kappa shape index (κ3) is 1.52. The second-order valence-electron chi connectivity index (χ2n) is 2.10. The molecule has 0 radical (unpaired) electrons. The largest absolute Gasteiger partial charge is 0.364 e. The molecule has 1 heterocycles. The van der Waals surface area contributed by atoms with Gasteiger partial charge < -0.3 is 10.2 Å². The minimum Gasteiger partial charge on any atom is -0.364 e. The second-order valence-corrected chi connectivity index (χ2v) is 2.10. The standard InChI is InChI=1S/C7H9NO2/c1-5-4-6(7(9)10)2-3-8-5/h2-4,7,9-10H,1H3. The molecule has 1 rings (SSSR count). The Balaban J connectivity index is 2.96. The predicted octanol–water partition coefficient (Wildman–Crippen LogP) is 0.373. The number of aromatic nitrogens is 1. The Bertz CT molecular complexity index is 223. The molecule has 1 aromatic heterocycles. The van der Waals surface area contributed by atoms with Crippen LogP contribution in [-0.4, -0.2) is 15.2 Å². The number of aliphatic hydroxyl groups excluding tert-OH is 1. The molecule has 0 saturated heterocycles. The first-order valence-electron chi connectivity index (χ1n) is 2.99. The van der Waals surface area contributed by atoms with E-state index in [9.17, 15) is 0 Å². The average molecular weight is 139 g/mol. The van der Waals surface area contributed by atoms with E-state index in [1.54, 1.807) is 25.3 Å². The Morgan fingerprint density at radius 2 is 2.20 bits per heavy atom. The Morgan fingerprint density at radius 3 is 2.60 bits per heavy atom. The van der Waals surface area contributed by atoms with Crippen molar-refractivity contribution >= 4 is 0 Å². The summed E-state index contributed by atoms with van der Waals surface area (Å²) in [5.41, 5.74) is 1.26. The molecular weight excluding hydrogens is 130 g/mol. The van der Waals surface area contributed by atoms with Crippen molar-refractivity contribution in [2.24, 2.45) is 0 Å². The summed E-state index contributed by atoms with van der Waals surface area (Å²) >= 11 is 0. The van der Waals surface area contributed by atoms with Crippen molar-refractivity contribution in [3.8, 4) is 0 Å². The van der Waals surface area contributed by atoms with Crippen LogP contribution in [-0.2, 0) is 0 Å². The fraction of sp³-hybridized carbons (Fsp3) is 0.286. The summed E-state index contributed by atoms with van der Waals surface area (Å²) in [6, 6.07) is 3.20. The van der Waals surface area contributed by atoms with Crippen LogP contribution < -0.4 is 0 Å². The highest BCUT2D eigenvalue weighted by Crippen LogP contribution is 2.08. The highest BCUT2D eigenvalue weighted by atomic mass is 16.5. The maximum absolute atomic E-state index is 8.68. The van der Waals surface area contributed by atoms with Gasteiger partial charge in [0.2, 0.25) is 0 Å². The molecule has 0 aliphatic heterocycles. The van der Waals surface area contributed by atoms with Gasteiger partial charge in [-0.05, 0) is 19.1 Å². The minimum atomic E-state index is -1.39. The molecule has 0 saturated carbocycles. The van der Waals surface area contributed by atoms with E-state index >= 15 is 0 Å². The van der Waals surface area contributed by atoms with Crippen molar-refractivity contribution in [2.75, 3.05) is 0 Å². The van der Waals surface area contributed by atoms with Crippen molar-refractivity contribution in [2.45, 2.75) is 13.2 Å². The van der Waals surface area contributed by atoms with E-state index in [2.05, 4.69) is 4.98 Å². The zero-order valence-electron chi connectivity index (χ0n) is 5.65. The second kappa shape index (κ2) is 2.77. The molecule has 3 nitrogen and oxygen atoms in total. The summed E-state index contributed by atoms with van der Waals surface area (Å²) < 4.78 is 0. The number of nitrogens with zero attached hydrogens (tertiary/aromatic N) is 1. The topological polar surface area (TPSA) is 53.4 Å². The first kappa shape index (κ1) is 7.18. The number of hydrogen-bond donors (Lipinski definition) is 2. The minimum absolute atomic E-state index is 0.479. The maximum Gasteiger partial charge on any atom is 0.178 e. The van der Waals surface area contributed by atoms with E-state index < -0.39 is 6.29 Å². The van der Waals surface area contributed by atoms with Gasteiger partial charge >= 0.3 is 0 Å². The van der Waals surface area contributed by atoms with Gasteiger partial charge in [0, 0.05) is 17.5 Å². The highest BCUT2D eigenvalue weighted by molar-refractivity contribution is 5.15. The first-order chi connectivity index (χ1) is 4.70. The number of pyridine rings is 1. The lowest BCUT2D eigenvalue weighted by Crippen LogP contribution is -1.95. The summed E-state index contributed by atoms with van der Waals surface area (Å²) in [6.45, 7) is 1.80. The molecule has 0 spiro atoms. The highest BCUT2D eigenvalue weighted by Gasteiger charge is 2.00. The number of aryl methyl sites for hydroxylation is 1. The molecule has 0 unspecified atom stereocenters. The van der Waals surface area contributed by atoms with E-state index in [1.165, 1.54) is 0 Å². The summed E-state index contributed by atoms with van der Waals surface area (Å²) in [5, 5.41) is 17.4. The van der Waals surface area contributed by atoms with Crippen molar-refractivity contribution < 1.29 is 10.2 Å². The lowest BCUT2D eigenvalue weighted by molar-refractivity contribution is -0.0425. The molecule has 1 aromatic rings. The van der Waals surface area contributed by atoms with Crippen LogP contribution in [0.15, 0.2) is 18.3 Å². The molecule has 0 fully saturated rings. The number of aliphatic hydroxyl groups is 2. The van der Waals surface area contributed by atoms with Gasteiger partial charge in [0.15, 0.2) is 6.29 Å². The average Bonchev–Trinajstić information content (AvgIpc) is 1.88. The molecule has 0 bridgehead atoms. The van der Waals surface area contributed by atoms with E-state index in [1.807, 2.05) is 0 Å². The maximum atomic E-state index is 8.68. The van der Waals surface area contributed by atoms with Crippen LogP contribution >= 0.6 is 0 Å². The lowest BCUT2D eigenvalue weighted by Gasteiger charge is -2.02. The van der Waals surface area contributed by atoms with Crippen LogP contribution in [0.2, 0.25) is 0 Å². The van der Waals surface area contributed by atoms with E-state index in [4.69, 9.17) is 10.2 Å². The SMILES string of the molecule is Cc1cc(C(O)O)ccn1. The monoisotopic (exact) mass is 139 g/mol. The summed E-state index contributed by atoms with van der Waals surface area (Å²) in [4.78, 5) is 3.90. The summed E-state index contributed by atoms with van der Waals surface area (Å²) in [7, 11) is 0. The lowest BCUT2D eigenvalue weighted by atomic mass is 10.2. The van der Waals surface area contributed by atoms with Crippen LogP contribution in [0, 0.1) is 6.92 Å². The third-order valence-corrected chi connectivity index (χ3v) is 1.22. The fourth-order valence-corrected chi connectivity index (χ4v) is 0.728. The summed E-state index contributed by atoms with van der Waals surface area (Å²) in [5.74, 6) is 0. The van der Waals surface area contributed by atoms with Crippen molar-refractivity contribution in [1.82, 2.24) is 4.98 Å². The smallest absolute Gasteiger partial charge is 0.178 e. The molecule has 0 aliphatic rings. The van der Waals surface area contributed by atoms with Crippen LogP contribution in [0.3, 0.4) is 0 Å². The number of rotatable bonds is 1. The van der Waals surface area contributed by atoms with Crippen LogP contribution in [0.5, 0.6) is 0 Å². The summed E-state index contributed by atoms with van der Waals surface area (Å²) in [6.07, 6.45) is 0.158. The molecule has 0 amide bonds. The van der Waals surface area contributed by atoms with Gasteiger partial charge in [-0.1, -0.05) is 0 Å². The molecule has 10 heavy (non-hydrogen) atoms. The van der Waals surface area contributed by atoms with Gasteiger partial charge in [0.1, 0.15) is 0 Å². The zero-order chi connectivity index (χ0) is 7.56. The quantitative estimate of drug-likeness (QED) is 0.553. The zero-order valence-corrected chi connectivity index (χ0v) is 5.65. The number of hydrogen-bond acceptors (Lipinski definition) is 3. The molecule has 0 aliphatic carbocycles. The van der Waals surface area contributed by atoms with Crippen molar-refractivity contribution in [3.63, 3.8) is 0 Å². The van der Waals surface area contributed by atoms with E-state index in [-0.39, 0.29) is 0 Å². The van der Waals surface area contributed by atoms with Gasteiger partial charge in [-0.3, -0.25) is 4.98 Å². The fourth-order valence-electron chi connectivity index (χ4n) is 0.728. The van der Waals surface area contributed by atoms with Gasteiger partial charge in [0.25, 0.3) is 0 Å². The van der Waals surface area contributed by atoms with Gasteiger partial charge in [-0.2, -0.15) is 0 Å². The van der Waals surface area contributed by atoms with Crippen LogP contribution in [0.25, 0.3) is 0 Å².